The van der Waals surface area contributed by atoms with E-state index in [0.717, 1.165) is 44.2 Å². The van der Waals surface area contributed by atoms with Crippen molar-refractivity contribution in [3.63, 3.8) is 0 Å². The van der Waals surface area contributed by atoms with Gasteiger partial charge in [0.1, 0.15) is 0 Å². The number of amides is 3. The summed E-state index contributed by atoms with van der Waals surface area (Å²) in [6.07, 6.45) is 5.00. The number of nitrogens with one attached hydrogen (secondary N) is 2. The van der Waals surface area contributed by atoms with E-state index in [-0.39, 0.29) is 29.7 Å². The van der Waals surface area contributed by atoms with Crippen molar-refractivity contribution < 1.29 is 23.2 Å². The number of anilines is 2. The molecule has 2 aromatic rings. The molecule has 2 fully saturated rings. The van der Waals surface area contributed by atoms with Gasteiger partial charge in [-0.15, -0.1) is 0 Å². The summed E-state index contributed by atoms with van der Waals surface area (Å²) in [6, 6.07) is 7.65. The third-order valence-corrected chi connectivity index (χ3v) is 7.49. The standard InChI is InChI=1S/C27H30F2N4O3/c28-20-8-6-18(14-21(20)29)27(36)33-23-9-7-19(26(35)32-12-10-30-11-13-32)15-22(23)31-25(34)16-24(33)17-4-2-1-3-5-17/h6-9,14-15,17,24,30H,1-5,10-13,16H2,(H,31,34). The molecule has 1 aliphatic carbocycles. The predicted octanol–water partition coefficient (Wildman–Crippen LogP) is 3.95. The van der Waals surface area contributed by atoms with E-state index in [4.69, 9.17) is 0 Å². The van der Waals surface area contributed by atoms with Crippen LogP contribution in [0.15, 0.2) is 36.4 Å². The van der Waals surface area contributed by atoms with Crippen LogP contribution in [0.2, 0.25) is 0 Å². The quantitative estimate of drug-likeness (QED) is 0.674. The molecule has 1 atom stereocenters. The van der Waals surface area contributed by atoms with E-state index >= 15 is 0 Å². The van der Waals surface area contributed by atoms with Crippen LogP contribution in [0.5, 0.6) is 0 Å². The Morgan fingerprint density at radius 1 is 0.861 bits per heavy atom. The van der Waals surface area contributed by atoms with Crippen LogP contribution in [0.4, 0.5) is 20.2 Å². The van der Waals surface area contributed by atoms with Crippen molar-refractivity contribution in [1.82, 2.24) is 10.2 Å². The van der Waals surface area contributed by atoms with Gasteiger partial charge < -0.3 is 20.4 Å². The highest BCUT2D eigenvalue weighted by molar-refractivity contribution is 6.12. The summed E-state index contributed by atoms with van der Waals surface area (Å²) in [5.74, 6) is -2.90. The average Bonchev–Trinajstić information content (AvgIpc) is 3.05. The fraction of sp³-hybridized carbons (Fsp3) is 0.444. The van der Waals surface area contributed by atoms with Gasteiger partial charge >= 0.3 is 0 Å². The molecule has 1 unspecified atom stereocenters. The first-order valence-corrected chi connectivity index (χ1v) is 12.6. The summed E-state index contributed by atoms with van der Waals surface area (Å²) >= 11 is 0. The molecule has 3 amide bonds. The van der Waals surface area contributed by atoms with Gasteiger partial charge in [-0.2, -0.15) is 0 Å². The third-order valence-electron chi connectivity index (χ3n) is 7.49. The molecule has 2 aromatic carbocycles. The van der Waals surface area contributed by atoms with E-state index in [0.29, 0.717) is 43.1 Å². The van der Waals surface area contributed by atoms with E-state index in [1.165, 1.54) is 6.07 Å². The fourth-order valence-corrected chi connectivity index (χ4v) is 5.62. The molecular weight excluding hydrogens is 466 g/mol. The van der Waals surface area contributed by atoms with Gasteiger partial charge in [-0.25, -0.2) is 8.78 Å². The second-order valence-electron chi connectivity index (χ2n) is 9.80. The lowest BCUT2D eigenvalue weighted by Gasteiger charge is -2.37. The summed E-state index contributed by atoms with van der Waals surface area (Å²) in [7, 11) is 0. The Morgan fingerprint density at radius 2 is 1.56 bits per heavy atom. The normalized spacial score (nSPS) is 20.9. The zero-order valence-electron chi connectivity index (χ0n) is 20.1. The molecule has 0 radical (unpaired) electrons. The minimum Gasteiger partial charge on any atom is -0.336 e. The molecule has 0 bridgehead atoms. The first kappa shape index (κ1) is 24.4. The Bertz CT molecular complexity index is 1180. The number of nitrogens with zero attached hydrogens (tertiary/aromatic N) is 2. The number of hydrogen-bond acceptors (Lipinski definition) is 4. The Kier molecular flexibility index (Phi) is 7.00. The Hall–Kier alpha value is -3.33. The molecule has 0 spiro atoms. The van der Waals surface area contributed by atoms with Gasteiger partial charge in [0.2, 0.25) is 5.91 Å². The minimum atomic E-state index is -1.10. The Labute approximate surface area is 208 Å². The van der Waals surface area contributed by atoms with Crippen LogP contribution in [-0.4, -0.2) is 54.8 Å². The molecule has 7 nitrogen and oxygen atoms in total. The van der Waals surface area contributed by atoms with Crippen molar-refractivity contribution in [2.45, 2.75) is 44.6 Å². The average molecular weight is 497 g/mol. The van der Waals surface area contributed by atoms with Gasteiger partial charge in [0.15, 0.2) is 11.6 Å². The topological polar surface area (TPSA) is 81.8 Å². The van der Waals surface area contributed by atoms with Gasteiger partial charge in [0, 0.05) is 49.8 Å². The van der Waals surface area contributed by atoms with E-state index in [1.807, 2.05) is 0 Å². The minimum absolute atomic E-state index is 0.0102. The van der Waals surface area contributed by atoms with Crippen LogP contribution in [0.1, 0.15) is 59.2 Å². The predicted molar refractivity (Wildman–Crippen MR) is 132 cm³/mol. The number of carbonyl (C=O) groups excluding carboxylic acids is 3. The van der Waals surface area contributed by atoms with Crippen LogP contribution in [0, 0.1) is 17.6 Å². The second kappa shape index (κ2) is 10.3. The molecule has 3 aliphatic rings. The van der Waals surface area contributed by atoms with Crippen LogP contribution in [-0.2, 0) is 4.79 Å². The summed E-state index contributed by atoms with van der Waals surface area (Å²) in [5, 5.41) is 6.11. The highest BCUT2D eigenvalue weighted by Gasteiger charge is 2.38. The Balaban J connectivity index is 1.56. The van der Waals surface area contributed by atoms with Crippen LogP contribution in [0.25, 0.3) is 0 Å². The fourth-order valence-electron chi connectivity index (χ4n) is 5.62. The highest BCUT2D eigenvalue weighted by Crippen LogP contribution is 2.39. The van der Waals surface area contributed by atoms with Crippen molar-refractivity contribution >= 4 is 29.1 Å². The molecule has 2 aliphatic heterocycles. The lowest BCUT2D eigenvalue weighted by Crippen LogP contribution is -2.46. The largest absolute Gasteiger partial charge is 0.336 e. The maximum atomic E-state index is 14.1. The van der Waals surface area contributed by atoms with Crippen molar-refractivity contribution in [3.05, 3.63) is 59.2 Å². The Morgan fingerprint density at radius 3 is 2.28 bits per heavy atom. The number of rotatable bonds is 3. The van der Waals surface area contributed by atoms with Gasteiger partial charge in [-0.1, -0.05) is 19.3 Å². The lowest BCUT2D eigenvalue weighted by molar-refractivity contribution is -0.116. The molecule has 2 N–H and O–H groups in total. The number of carbonyl (C=O) groups is 3. The monoisotopic (exact) mass is 496 g/mol. The number of piperazine rings is 1. The van der Waals surface area contributed by atoms with E-state index in [2.05, 4.69) is 10.6 Å². The van der Waals surface area contributed by atoms with Crippen molar-refractivity contribution in [1.29, 1.82) is 0 Å². The van der Waals surface area contributed by atoms with Crippen molar-refractivity contribution in [3.8, 4) is 0 Å². The number of halogens is 2. The molecular formula is C27H30F2N4O3. The van der Waals surface area contributed by atoms with E-state index < -0.39 is 23.6 Å². The summed E-state index contributed by atoms with van der Waals surface area (Å²) in [6.45, 7) is 2.61. The molecule has 1 saturated carbocycles. The summed E-state index contributed by atoms with van der Waals surface area (Å²) in [4.78, 5) is 43.3. The molecule has 36 heavy (non-hydrogen) atoms. The van der Waals surface area contributed by atoms with Gasteiger partial charge in [0.05, 0.1) is 11.4 Å². The molecule has 1 saturated heterocycles. The number of hydrogen-bond donors (Lipinski definition) is 2. The van der Waals surface area contributed by atoms with Crippen molar-refractivity contribution in [2.75, 3.05) is 36.4 Å². The van der Waals surface area contributed by atoms with Crippen LogP contribution < -0.4 is 15.5 Å². The zero-order chi connectivity index (χ0) is 25.2. The second-order valence-corrected chi connectivity index (χ2v) is 9.80. The SMILES string of the molecule is O=C1CC(C2CCCCC2)N(C(=O)c2ccc(F)c(F)c2)c2ccc(C(=O)N3CCNCC3)cc2N1. The lowest BCUT2D eigenvalue weighted by atomic mass is 9.81. The first-order chi connectivity index (χ1) is 17.4. The highest BCUT2D eigenvalue weighted by atomic mass is 19.2. The maximum absolute atomic E-state index is 14.1. The van der Waals surface area contributed by atoms with E-state index in [1.54, 1.807) is 28.0 Å². The van der Waals surface area contributed by atoms with Gasteiger partial charge in [-0.05, 0) is 55.2 Å². The molecule has 9 heteroatoms. The van der Waals surface area contributed by atoms with Gasteiger partial charge in [-0.3, -0.25) is 14.4 Å². The zero-order valence-corrected chi connectivity index (χ0v) is 20.1. The smallest absolute Gasteiger partial charge is 0.258 e. The van der Waals surface area contributed by atoms with Crippen LogP contribution >= 0.6 is 0 Å². The molecule has 2 heterocycles. The third kappa shape index (κ3) is 4.84. The van der Waals surface area contributed by atoms with Crippen LogP contribution in [0.3, 0.4) is 0 Å². The molecule has 5 rings (SSSR count). The van der Waals surface area contributed by atoms with Crippen molar-refractivity contribution in [2.24, 2.45) is 5.92 Å². The van der Waals surface area contributed by atoms with E-state index in [9.17, 15) is 23.2 Å². The number of fused-ring (bicyclic) bond motifs is 1. The summed E-state index contributed by atoms with van der Waals surface area (Å²) < 4.78 is 27.7. The molecule has 190 valence electrons. The van der Waals surface area contributed by atoms with Gasteiger partial charge in [0.25, 0.3) is 11.8 Å². The summed E-state index contributed by atoms with van der Waals surface area (Å²) in [5.41, 5.74) is 1.27. The maximum Gasteiger partial charge on any atom is 0.258 e. The number of benzene rings is 2. The molecule has 0 aromatic heterocycles. The first-order valence-electron chi connectivity index (χ1n) is 12.6.